The first-order chi connectivity index (χ1) is 14.2. The number of methoxy groups -OCH3 is 1. The monoisotopic (exact) mass is 396 g/mol. The number of ether oxygens (including phenoxy) is 1. The Morgan fingerprint density at radius 1 is 1.07 bits per heavy atom. The average Bonchev–Trinajstić information content (AvgIpc) is 2.77. The van der Waals surface area contributed by atoms with Crippen LogP contribution in [0, 0.1) is 5.92 Å². The number of hydrogen-bond donors (Lipinski definition) is 2. The van der Waals surface area contributed by atoms with E-state index >= 15 is 0 Å². The molecule has 1 aliphatic heterocycles. The highest BCUT2D eigenvalue weighted by atomic mass is 16.5. The van der Waals surface area contributed by atoms with E-state index in [1.165, 1.54) is 0 Å². The molecule has 1 fully saturated rings. The first-order valence-electron chi connectivity index (χ1n) is 9.96. The molecule has 0 spiro atoms. The van der Waals surface area contributed by atoms with Crippen LogP contribution in [0.2, 0.25) is 0 Å². The first kappa shape index (κ1) is 20.8. The van der Waals surface area contributed by atoms with Crippen LogP contribution in [0.4, 0.5) is 0 Å². The van der Waals surface area contributed by atoms with Gasteiger partial charge in [0.1, 0.15) is 5.75 Å². The maximum Gasteiger partial charge on any atom is 0.309 e. The van der Waals surface area contributed by atoms with E-state index < -0.39 is 11.8 Å². The van der Waals surface area contributed by atoms with Crippen LogP contribution in [0.25, 0.3) is 0 Å². The number of hydrogen-bond acceptors (Lipinski definition) is 5. The minimum absolute atomic E-state index is 0.252. The number of aromatic nitrogens is 1. The van der Waals surface area contributed by atoms with Crippen LogP contribution >= 0.6 is 0 Å². The zero-order valence-electron chi connectivity index (χ0n) is 16.8. The SMILES string of the molecule is COc1ccccc1CNC(=O)C(=O)NCC1CCN(Cc2ccccn2)CC1. The number of amides is 2. The van der Waals surface area contributed by atoms with Gasteiger partial charge in [-0.2, -0.15) is 0 Å². The highest BCUT2D eigenvalue weighted by molar-refractivity contribution is 6.35. The molecular formula is C22H28N4O3. The normalized spacial score (nSPS) is 14.9. The number of rotatable bonds is 7. The Morgan fingerprint density at radius 3 is 2.52 bits per heavy atom. The second-order valence-electron chi connectivity index (χ2n) is 7.25. The lowest BCUT2D eigenvalue weighted by Gasteiger charge is -2.31. The number of carbonyl (C=O) groups is 2. The van der Waals surface area contributed by atoms with Crippen molar-refractivity contribution in [3.63, 3.8) is 0 Å². The molecule has 1 aliphatic rings. The molecule has 1 saturated heterocycles. The fourth-order valence-electron chi connectivity index (χ4n) is 3.49. The lowest BCUT2D eigenvalue weighted by Crippen LogP contribution is -2.43. The summed E-state index contributed by atoms with van der Waals surface area (Å²) in [7, 11) is 1.58. The Bertz CT molecular complexity index is 805. The number of para-hydroxylation sites is 1. The summed E-state index contributed by atoms with van der Waals surface area (Å²) in [6, 6.07) is 13.4. The largest absolute Gasteiger partial charge is 0.496 e. The van der Waals surface area contributed by atoms with Gasteiger partial charge in [-0.3, -0.25) is 19.5 Å². The first-order valence-corrected chi connectivity index (χ1v) is 9.96. The Labute approximate surface area is 171 Å². The minimum atomic E-state index is -0.622. The average molecular weight is 396 g/mol. The minimum Gasteiger partial charge on any atom is -0.496 e. The van der Waals surface area contributed by atoms with Gasteiger partial charge < -0.3 is 15.4 Å². The van der Waals surface area contributed by atoms with Crippen molar-refractivity contribution in [3.05, 3.63) is 59.9 Å². The standard InChI is InChI=1S/C22H28N4O3/c1-29-20-8-3-2-6-18(20)15-25-22(28)21(27)24-14-17-9-12-26(13-10-17)16-19-7-4-5-11-23-19/h2-8,11,17H,9-10,12-16H2,1H3,(H,24,27)(H,25,28). The number of benzene rings is 1. The molecule has 3 rings (SSSR count). The van der Waals surface area contributed by atoms with E-state index in [4.69, 9.17) is 4.74 Å². The molecule has 7 heteroatoms. The highest BCUT2D eigenvalue weighted by Gasteiger charge is 2.21. The van der Waals surface area contributed by atoms with Gasteiger partial charge in [0.25, 0.3) is 0 Å². The summed E-state index contributed by atoms with van der Waals surface area (Å²) in [5, 5.41) is 5.42. The second-order valence-corrected chi connectivity index (χ2v) is 7.25. The zero-order valence-corrected chi connectivity index (χ0v) is 16.8. The van der Waals surface area contributed by atoms with Crippen molar-refractivity contribution in [1.29, 1.82) is 0 Å². The van der Waals surface area contributed by atoms with Gasteiger partial charge in [-0.1, -0.05) is 24.3 Å². The fourth-order valence-corrected chi connectivity index (χ4v) is 3.49. The number of piperidine rings is 1. The zero-order chi connectivity index (χ0) is 20.5. The molecule has 0 saturated carbocycles. The van der Waals surface area contributed by atoms with Gasteiger partial charge in [0, 0.05) is 31.4 Å². The fraction of sp³-hybridized carbons (Fsp3) is 0.409. The van der Waals surface area contributed by atoms with Crippen molar-refractivity contribution in [2.75, 3.05) is 26.7 Å². The Kier molecular flexibility index (Phi) is 7.58. The maximum atomic E-state index is 12.1. The van der Waals surface area contributed by atoms with Crippen molar-refractivity contribution in [2.45, 2.75) is 25.9 Å². The molecule has 0 unspecified atom stereocenters. The van der Waals surface area contributed by atoms with E-state index in [2.05, 4.69) is 20.5 Å². The summed E-state index contributed by atoms with van der Waals surface area (Å²) in [6.07, 6.45) is 3.81. The Hall–Kier alpha value is -2.93. The van der Waals surface area contributed by atoms with E-state index in [0.717, 1.165) is 43.7 Å². The van der Waals surface area contributed by atoms with E-state index in [1.54, 1.807) is 7.11 Å². The molecule has 0 radical (unpaired) electrons. The summed E-state index contributed by atoms with van der Waals surface area (Å²) in [4.78, 5) is 30.9. The molecule has 2 amide bonds. The van der Waals surface area contributed by atoms with Crippen molar-refractivity contribution >= 4 is 11.8 Å². The van der Waals surface area contributed by atoms with Crippen LogP contribution in [0.15, 0.2) is 48.7 Å². The summed E-state index contributed by atoms with van der Waals surface area (Å²) in [5.41, 5.74) is 1.90. The maximum absolute atomic E-state index is 12.1. The van der Waals surface area contributed by atoms with Crippen LogP contribution < -0.4 is 15.4 Å². The van der Waals surface area contributed by atoms with Gasteiger partial charge in [0.2, 0.25) is 0 Å². The van der Waals surface area contributed by atoms with E-state index in [1.807, 2.05) is 48.7 Å². The summed E-state index contributed by atoms with van der Waals surface area (Å²) in [5.74, 6) is -0.133. The smallest absolute Gasteiger partial charge is 0.309 e. The molecule has 2 heterocycles. The van der Waals surface area contributed by atoms with Crippen LogP contribution in [0.3, 0.4) is 0 Å². The van der Waals surface area contributed by atoms with Crippen LogP contribution in [-0.2, 0) is 22.7 Å². The van der Waals surface area contributed by atoms with Gasteiger partial charge in [0.15, 0.2) is 0 Å². The van der Waals surface area contributed by atoms with Gasteiger partial charge in [-0.25, -0.2) is 0 Å². The van der Waals surface area contributed by atoms with E-state index in [0.29, 0.717) is 18.2 Å². The number of nitrogens with one attached hydrogen (secondary N) is 2. The van der Waals surface area contributed by atoms with Crippen molar-refractivity contribution in [3.8, 4) is 5.75 Å². The predicted molar refractivity (Wildman–Crippen MR) is 110 cm³/mol. The molecular weight excluding hydrogens is 368 g/mol. The molecule has 7 nitrogen and oxygen atoms in total. The van der Waals surface area contributed by atoms with Crippen LogP contribution in [0.5, 0.6) is 5.75 Å². The predicted octanol–water partition coefficient (Wildman–Crippen LogP) is 1.73. The molecule has 2 aromatic rings. The number of likely N-dealkylation sites (tertiary alicyclic amines) is 1. The van der Waals surface area contributed by atoms with Gasteiger partial charge in [0.05, 0.1) is 12.8 Å². The van der Waals surface area contributed by atoms with Gasteiger partial charge in [-0.05, 0) is 50.0 Å². The quantitative estimate of drug-likeness (QED) is 0.697. The molecule has 1 aromatic carbocycles. The lowest BCUT2D eigenvalue weighted by atomic mass is 9.96. The summed E-state index contributed by atoms with van der Waals surface area (Å²) >= 11 is 0. The third-order valence-electron chi connectivity index (χ3n) is 5.21. The molecule has 1 aromatic heterocycles. The summed E-state index contributed by atoms with van der Waals surface area (Å²) in [6.45, 7) is 3.57. The van der Waals surface area contributed by atoms with E-state index in [-0.39, 0.29) is 6.54 Å². The topological polar surface area (TPSA) is 83.6 Å². The van der Waals surface area contributed by atoms with Crippen molar-refractivity contribution < 1.29 is 14.3 Å². The van der Waals surface area contributed by atoms with E-state index in [9.17, 15) is 9.59 Å². The molecule has 0 aliphatic carbocycles. The molecule has 0 atom stereocenters. The molecule has 154 valence electrons. The van der Waals surface area contributed by atoms with Crippen LogP contribution in [0.1, 0.15) is 24.1 Å². The molecule has 0 bridgehead atoms. The van der Waals surface area contributed by atoms with Gasteiger partial charge in [-0.15, -0.1) is 0 Å². The van der Waals surface area contributed by atoms with Gasteiger partial charge >= 0.3 is 11.8 Å². The highest BCUT2D eigenvalue weighted by Crippen LogP contribution is 2.18. The van der Waals surface area contributed by atoms with Crippen molar-refractivity contribution in [1.82, 2.24) is 20.5 Å². The lowest BCUT2D eigenvalue weighted by molar-refractivity contribution is -0.139. The number of carbonyl (C=O) groups excluding carboxylic acids is 2. The third kappa shape index (κ3) is 6.29. The van der Waals surface area contributed by atoms with Crippen LogP contribution in [-0.4, -0.2) is 48.4 Å². The molecule has 2 N–H and O–H groups in total. The third-order valence-corrected chi connectivity index (χ3v) is 5.21. The molecule has 29 heavy (non-hydrogen) atoms. The number of nitrogens with zero attached hydrogens (tertiary/aromatic N) is 2. The van der Waals surface area contributed by atoms with Crippen molar-refractivity contribution in [2.24, 2.45) is 5.92 Å². The second kappa shape index (κ2) is 10.6. The Balaban J connectivity index is 1.35. The Morgan fingerprint density at radius 2 is 1.79 bits per heavy atom. The summed E-state index contributed by atoms with van der Waals surface area (Å²) < 4.78 is 5.25. The number of pyridine rings is 1.